The van der Waals surface area contributed by atoms with Gasteiger partial charge in [0.05, 0.1) is 12.1 Å². The van der Waals surface area contributed by atoms with Crippen molar-refractivity contribution < 1.29 is 38.7 Å². The lowest BCUT2D eigenvalue weighted by Crippen LogP contribution is -2.48. The minimum absolute atomic E-state index is 0.0231. The van der Waals surface area contributed by atoms with Crippen LogP contribution in [0.1, 0.15) is 68.6 Å². The number of hydrogen-bond donors (Lipinski definition) is 3. The number of carbonyl (C=O) groups is 7. The van der Waals surface area contributed by atoms with E-state index in [1.807, 2.05) is 25.1 Å². The number of aliphatic carboxylic acids is 1. The third kappa shape index (κ3) is 9.24. The quantitative estimate of drug-likeness (QED) is 0.171. The highest BCUT2D eigenvalue weighted by Gasteiger charge is 2.32. The number of amides is 7. The Morgan fingerprint density at radius 3 is 2.35 bits per heavy atom. The maximum Gasteiger partial charge on any atom is 0.326 e. The first-order chi connectivity index (χ1) is 24.9. The van der Waals surface area contributed by atoms with Gasteiger partial charge in [0.15, 0.2) is 0 Å². The molecule has 0 spiro atoms. The van der Waals surface area contributed by atoms with E-state index in [0.29, 0.717) is 43.8 Å². The molecule has 1 aromatic carbocycles. The fourth-order valence-electron chi connectivity index (χ4n) is 6.44. The van der Waals surface area contributed by atoms with E-state index in [0.717, 1.165) is 26.5 Å². The van der Waals surface area contributed by atoms with Gasteiger partial charge in [-0.3, -0.25) is 33.9 Å². The highest BCUT2D eigenvalue weighted by molar-refractivity contribution is 6.12. The number of nitrogens with zero attached hydrogens (tertiary/aromatic N) is 6. The molecular formula is C36H42N8O8. The molecule has 7 amide bonds. The van der Waals surface area contributed by atoms with E-state index >= 15 is 0 Å². The van der Waals surface area contributed by atoms with Gasteiger partial charge >= 0.3 is 12.0 Å². The number of benzene rings is 1. The van der Waals surface area contributed by atoms with Crippen molar-refractivity contribution in [3.63, 3.8) is 0 Å². The Kier molecular flexibility index (Phi) is 12.1. The first-order valence-electron chi connectivity index (χ1n) is 17.2. The molecule has 1 unspecified atom stereocenters. The minimum Gasteiger partial charge on any atom is -0.480 e. The summed E-state index contributed by atoms with van der Waals surface area (Å²) in [5.74, 6) is -3.94. The van der Waals surface area contributed by atoms with Gasteiger partial charge in [-0.15, -0.1) is 0 Å². The largest absolute Gasteiger partial charge is 0.480 e. The monoisotopic (exact) mass is 714 g/mol. The summed E-state index contributed by atoms with van der Waals surface area (Å²) in [5.41, 5.74) is 9.42. The highest BCUT2D eigenvalue weighted by Crippen LogP contribution is 2.25. The molecule has 0 radical (unpaired) electrons. The van der Waals surface area contributed by atoms with Crippen LogP contribution in [0.2, 0.25) is 0 Å². The molecule has 4 N–H and O–H groups in total. The van der Waals surface area contributed by atoms with Crippen molar-refractivity contribution in [3.05, 3.63) is 71.6 Å². The van der Waals surface area contributed by atoms with Crippen LogP contribution in [-0.4, -0.2) is 103 Å². The van der Waals surface area contributed by atoms with Crippen molar-refractivity contribution >= 4 is 52.9 Å². The minimum atomic E-state index is -1.48. The number of hydrazone groups is 1. The number of imide groups is 1. The second-order valence-electron chi connectivity index (χ2n) is 13.1. The summed E-state index contributed by atoms with van der Waals surface area (Å²) in [7, 11) is 0. The van der Waals surface area contributed by atoms with Crippen molar-refractivity contribution in [2.24, 2.45) is 16.8 Å². The van der Waals surface area contributed by atoms with Gasteiger partial charge in [0.25, 0.3) is 11.8 Å². The van der Waals surface area contributed by atoms with Gasteiger partial charge in [-0.1, -0.05) is 25.5 Å². The second kappa shape index (κ2) is 16.9. The van der Waals surface area contributed by atoms with Crippen molar-refractivity contribution in [3.8, 4) is 0 Å². The number of nitrogens with one attached hydrogen (secondary N) is 1. The van der Waals surface area contributed by atoms with Gasteiger partial charge < -0.3 is 26.0 Å². The van der Waals surface area contributed by atoms with E-state index < -0.39 is 30.2 Å². The van der Waals surface area contributed by atoms with Crippen LogP contribution in [0.3, 0.4) is 0 Å². The van der Waals surface area contributed by atoms with Gasteiger partial charge in [0.2, 0.25) is 17.7 Å². The zero-order valence-corrected chi connectivity index (χ0v) is 28.9. The number of rotatable bonds is 16. The second-order valence-corrected chi connectivity index (χ2v) is 13.1. The van der Waals surface area contributed by atoms with Gasteiger partial charge in [0, 0.05) is 81.7 Å². The van der Waals surface area contributed by atoms with Crippen LogP contribution in [-0.2, 0) is 41.9 Å². The number of anilines is 1. The summed E-state index contributed by atoms with van der Waals surface area (Å²) in [6.45, 7) is 3.10. The zero-order chi connectivity index (χ0) is 37.4. The van der Waals surface area contributed by atoms with Crippen LogP contribution in [0, 0.1) is 5.92 Å². The molecule has 0 aliphatic carbocycles. The fourth-order valence-corrected chi connectivity index (χ4v) is 6.44. The predicted molar refractivity (Wildman–Crippen MR) is 187 cm³/mol. The van der Waals surface area contributed by atoms with Gasteiger partial charge in [-0.05, 0) is 54.2 Å². The lowest BCUT2D eigenvalue weighted by atomic mass is 9.93. The Labute approximate surface area is 300 Å². The van der Waals surface area contributed by atoms with E-state index in [2.05, 4.69) is 15.4 Å². The fraction of sp³-hybridized carbons (Fsp3) is 0.417. The summed E-state index contributed by atoms with van der Waals surface area (Å²) >= 11 is 0. The van der Waals surface area contributed by atoms with Crippen LogP contribution in [0.15, 0.2) is 60.0 Å². The number of aromatic nitrogens is 1. The number of carboxylic acids is 1. The Morgan fingerprint density at radius 1 is 0.962 bits per heavy atom. The van der Waals surface area contributed by atoms with E-state index in [4.69, 9.17) is 5.73 Å². The van der Waals surface area contributed by atoms with Crippen LogP contribution in [0.5, 0.6) is 0 Å². The SMILES string of the molecule is CC1CC(=O)N(CCCN(C(=O)CCCCCN2C(=O)C=CC2=O)[C@@H](CC(N)=O)C(=O)O)N=C1c1ccc(NC(=O)N2Cc3ccncc3C2)cc1. The van der Waals surface area contributed by atoms with Crippen LogP contribution in [0.25, 0.3) is 0 Å². The van der Waals surface area contributed by atoms with Gasteiger partial charge in [-0.25, -0.2) is 14.6 Å². The molecule has 274 valence electrons. The molecule has 1 aromatic heterocycles. The molecule has 0 bridgehead atoms. The molecule has 2 atom stereocenters. The number of carboxylic acid groups (broad SMARTS) is 1. The molecule has 5 rings (SSSR count). The van der Waals surface area contributed by atoms with E-state index in [9.17, 15) is 38.7 Å². The number of urea groups is 1. The Morgan fingerprint density at radius 2 is 1.67 bits per heavy atom. The van der Waals surface area contributed by atoms with Crippen LogP contribution < -0.4 is 11.1 Å². The van der Waals surface area contributed by atoms with E-state index in [1.165, 1.54) is 17.2 Å². The predicted octanol–water partition coefficient (Wildman–Crippen LogP) is 2.23. The summed E-state index contributed by atoms with van der Waals surface area (Å²) in [6, 6.07) is 7.37. The van der Waals surface area contributed by atoms with Gasteiger partial charge in [0.1, 0.15) is 6.04 Å². The number of carbonyl (C=O) groups excluding carboxylic acids is 6. The number of pyridine rings is 1. The average molecular weight is 715 g/mol. The van der Waals surface area contributed by atoms with Crippen molar-refractivity contribution in [2.75, 3.05) is 25.0 Å². The van der Waals surface area contributed by atoms with Crippen molar-refractivity contribution in [2.45, 2.75) is 71.0 Å². The van der Waals surface area contributed by atoms with E-state index in [1.54, 1.807) is 29.4 Å². The first-order valence-corrected chi connectivity index (χ1v) is 17.2. The number of primary amides is 1. The van der Waals surface area contributed by atoms with E-state index in [-0.39, 0.29) is 68.6 Å². The Hall–Kier alpha value is -5.93. The number of fused-ring (bicyclic) bond motifs is 1. The number of nitrogens with two attached hydrogens (primary N) is 1. The number of hydrogen-bond acceptors (Lipinski definition) is 9. The topological polar surface area (TPSA) is 216 Å². The molecule has 16 heteroatoms. The normalized spacial score (nSPS) is 17.2. The zero-order valence-electron chi connectivity index (χ0n) is 28.9. The molecule has 0 fully saturated rings. The molecule has 3 aliphatic rings. The number of unbranched alkanes of at least 4 members (excludes halogenated alkanes) is 2. The third-order valence-electron chi connectivity index (χ3n) is 9.23. The standard InChI is InChI=1S/C36H42N8O8/c1-23-18-33(49)44(40-34(23)24-7-9-27(10-8-24)39-36(52)41-21-25-13-14-38-20-26(25)22-41)17-5-16-42(28(35(50)51)19-29(37)45)30(46)6-3-2-4-15-43-31(47)11-12-32(43)48/h7-14,20,23,28H,2-6,15-19,21-22H2,1H3,(H2,37,45)(H,39,52)(H,50,51)/t23?,28-/m0/s1. The molecule has 4 heterocycles. The lowest BCUT2D eigenvalue weighted by Gasteiger charge is -2.31. The van der Waals surface area contributed by atoms with Crippen molar-refractivity contribution in [1.82, 2.24) is 24.7 Å². The molecule has 16 nitrogen and oxygen atoms in total. The summed E-state index contributed by atoms with van der Waals surface area (Å²) < 4.78 is 0. The molecular weight excluding hydrogens is 672 g/mol. The molecule has 0 saturated heterocycles. The average Bonchev–Trinajstić information content (AvgIpc) is 3.69. The smallest absolute Gasteiger partial charge is 0.326 e. The lowest BCUT2D eigenvalue weighted by molar-refractivity contribution is -0.152. The molecule has 3 aliphatic heterocycles. The summed E-state index contributed by atoms with van der Waals surface area (Å²) in [5, 5.41) is 18.7. The molecule has 2 aromatic rings. The first kappa shape index (κ1) is 37.3. The van der Waals surface area contributed by atoms with Crippen LogP contribution in [0.4, 0.5) is 10.5 Å². The Balaban J connectivity index is 1.17. The molecule has 52 heavy (non-hydrogen) atoms. The van der Waals surface area contributed by atoms with Crippen molar-refractivity contribution in [1.29, 1.82) is 0 Å². The Bertz CT molecular complexity index is 1750. The molecule has 0 saturated carbocycles. The van der Waals surface area contributed by atoms with Gasteiger partial charge in [-0.2, -0.15) is 5.10 Å². The maximum atomic E-state index is 13.3. The highest BCUT2D eigenvalue weighted by atomic mass is 16.4. The maximum absolute atomic E-state index is 13.3. The summed E-state index contributed by atoms with van der Waals surface area (Å²) in [6.07, 6.45) is 6.98. The third-order valence-corrected chi connectivity index (χ3v) is 9.23. The summed E-state index contributed by atoms with van der Waals surface area (Å²) in [4.78, 5) is 94.5. The van der Waals surface area contributed by atoms with Crippen LogP contribution >= 0.6 is 0 Å².